The van der Waals surface area contributed by atoms with E-state index in [9.17, 15) is 0 Å². The van der Waals surface area contributed by atoms with E-state index in [4.69, 9.17) is 0 Å². The molecule has 0 amide bonds. The van der Waals surface area contributed by atoms with Gasteiger partial charge in [-0.1, -0.05) is 48.0 Å². The van der Waals surface area contributed by atoms with E-state index < -0.39 is 0 Å². The summed E-state index contributed by atoms with van der Waals surface area (Å²) in [5, 5.41) is 3.48. The molecular formula is C11H27N. The summed E-state index contributed by atoms with van der Waals surface area (Å²) in [6.07, 6.45) is 2.60. The van der Waals surface area contributed by atoms with Crippen molar-refractivity contribution in [3.63, 3.8) is 0 Å². The van der Waals surface area contributed by atoms with Crippen LogP contribution >= 0.6 is 0 Å². The summed E-state index contributed by atoms with van der Waals surface area (Å²) >= 11 is 0. The molecule has 0 aliphatic carbocycles. The maximum absolute atomic E-state index is 3.48. The van der Waals surface area contributed by atoms with Gasteiger partial charge in [-0.25, -0.2) is 0 Å². The molecule has 0 bridgehead atoms. The first kappa shape index (κ1) is 14.5. The molecule has 0 rings (SSSR count). The molecule has 1 unspecified atom stereocenters. The van der Waals surface area contributed by atoms with Crippen LogP contribution in [0.25, 0.3) is 0 Å². The van der Waals surface area contributed by atoms with E-state index in [-0.39, 0.29) is 0 Å². The van der Waals surface area contributed by atoms with Crippen molar-refractivity contribution in [1.29, 1.82) is 0 Å². The summed E-state index contributed by atoms with van der Waals surface area (Å²) in [6, 6.07) is 0.731. The fourth-order valence-corrected chi connectivity index (χ4v) is 1.24. The van der Waals surface area contributed by atoms with E-state index in [1.807, 2.05) is 13.8 Å². The molecule has 1 nitrogen and oxygen atoms in total. The van der Waals surface area contributed by atoms with Crippen molar-refractivity contribution in [2.75, 3.05) is 6.54 Å². The minimum absolute atomic E-state index is 0.731. The highest BCUT2D eigenvalue weighted by Gasteiger charge is 2.08. The quantitative estimate of drug-likeness (QED) is 0.671. The highest BCUT2D eigenvalue weighted by Crippen LogP contribution is 2.07. The largest absolute Gasteiger partial charge is 0.314 e. The van der Waals surface area contributed by atoms with Gasteiger partial charge in [-0.05, 0) is 18.9 Å². The molecule has 0 fully saturated rings. The predicted octanol–water partition coefficient (Wildman–Crippen LogP) is 3.45. The molecule has 12 heavy (non-hydrogen) atoms. The van der Waals surface area contributed by atoms with Crippen LogP contribution in [0.15, 0.2) is 0 Å². The normalized spacial score (nSPS) is 12.2. The molecule has 0 heterocycles. The lowest BCUT2D eigenvalue weighted by molar-refractivity contribution is 0.382. The summed E-state index contributed by atoms with van der Waals surface area (Å²) in [5.74, 6) is 0.778. The van der Waals surface area contributed by atoms with Crippen LogP contribution in [0.1, 0.15) is 54.4 Å². The maximum Gasteiger partial charge on any atom is 0.00898 e. The molecule has 1 N–H and O–H groups in total. The van der Waals surface area contributed by atoms with Gasteiger partial charge in [0.1, 0.15) is 0 Å². The molecule has 0 aromatic rings. The average Bonchev–Trinajstić information content (AvgIpc) is 2.08. The van der Waals surface area contributed by atoms with E-state index in [0.717, 1.165) is 18.5 Å². The van der Waals surface area contributed by atoms with Crippen LogP contribution in [-0.2, 0) is 0 Å². The monoisotopic (exact) mass is 173 g/mol. The molecule has 0 aliphatic rings. The fourth-order valence-electron chi connectivity index (χ4n) is 1.24. The zero-order valence-electron chi connectivity index (χ0n) is 9.78. The number of nitrogens with one attached hydrogen (secondary N) is 1. The van der Waals surface area contributed by atoms with E-state index >= 15 is 0 Å². The maximum atomic E-state index is 3.48. The summed E-state index contributed by atoms with van der Waals surface area (Å²) in [7, 11) is 0. The van der Waals surface area contributed by atoms with Gasteiger partial charge in [0.2, 0.25) is 0 Å². The summed E-state index contributed by atoms with van der Waals surface area (Å²) < 4.78 is 0. The molecule has 76 valence electrons. The van der Waals surface area contributed by atoms with E-state index in [1.54, 1.807) is 0 Å². The number of rotatable bonds is 5. The summed E-state index contributed by atoms with van der Waals surface area (Å²) in [5.41, 5.74) is 0. The lowest BCUT2D eigenvalue weighted by atomic mass is 10.00. The second kappa shape index (κ2) is 11.0. The van der Waals surface area contributed by atoms with Crippen molar-refractivity contribution >= 4 is 0 Å². The van der Waals surface area contributed by atoms with Crippen LogP contribution in [0.3, 0.4) is 0 Å². The Morgan fingerprint density at radius 3 is 1.83 bits per heavy atom. The van der Waals surface area contributed by atoms with Crippen molar-refractivity contribution < 1.29 is 0 Å². The van der Waals surface area contributed by atoms with Crippen LogP contribution in [0, 0.1) is 5.92 Å². The third-order valence-electron chi connectivity index (χ3n) is 1.87. The smallest absolute Gasteiger partial charge is 0.00898 e. The Hall–Kier alpha value is -0.0400. The third-order valence-corrected chi connectivity index (χ3v) is 1.87. The van der Waals surface area contributed by atoms with Crippen molar-refractivity contribution in [3.8, 4) is 0 Å². The van der Waals surface area contributed by atoms with Gasteiger partial charge in [-0.15, -0.1) is 0 Å². The van der Waals surface area contributed by atoms with Crippen molar-refractivity contribution in [3.05, 3.63) is 0 Å². The number of hydrogen-bond acceptors (Lipinski definition) is 1. The molecule has 0 saturated heterocycles. The Kier molecular flexibility index (Phi) is 13.2. The predicted molar refractivity (Wildman–Crippen MR) is 58.6 cm³/mol. The first-order valence-electron chi connectivity index (χ1n) is 5.45. The van der Waals surface area contributed by atoms with Gasteiger partial charge >= 0.3 is 0 Å². The van der Waals surface area contributed by atoms with Gasteiger partial charge in [0, 0.05) is 6.04 Å². The minimum Gasteiger partial charge on any atom is -0.314 e. The molecule has 0 aromatic carbocycles. The fraction of sp³-hybridized carbons (Fsp3) is 1.00. The molecule has 1 heteroatoms. The lowest BCUT2D eigenvalue weighted by Gasteiger charge is -2.20. The highest BCUT2D eigenvalue weighted by molar-refractivity contribution is 4.68. The minimum atomic E-state index is 0.731. The SMILES string of the molecule is CC.CCCC(NCC)C(C)C. The summed E-state index contributed by atoms with van der Waals surface area (Å²) in [6.45, 7) is 14.1. The molecule has 0 saturated carbocycles. The second-order valence-electron chi connectivity index (χ2n) is 3.20. The Balaban J connectivity index is 0. The first-order chi connectivity index (χ1) is 5.72. The van der Waals surface area contributed by atoms with Crippen molar-refractivity contribution in [2.45, 2.75) is 60.4 Å². The Morgan fingerprint density at radius 1 is 1.08 bits per heavy atom. The van der Waals surface area contributed by atoms with Gasteiger partial charge in [0.05, 0.1) is 0 Å². The van der Waals surface area contributed by atoms with E-state index in [1.165, 1.54) is 12.8 Å². The van der Waals surface area contributed by atoms with Gasteiger partial charge in [0.25, 0.3) is 0 Å². The standard InChI is InChI=1S/C9H21N.C2H6/c1-5-7-9(8(3)4)10-6-2;1-2/h8-10H,5-7H2,1-4H3;1-2H3. The second-order valence-corrected chi connectivity index (χ2v) is 3.20. The highest BCUT2D eigenvalue weighted by atomic mass is 14.9. The molecule has 0 aliphatic heterocycles. The van der Waals surface area contributed by atoms with Crippen LogP contribution < -0.4 is 5.32 Å². The van der Waals surface area contributed by atoms with Crippen molar-refractivity contribution in [1.82, 2.24) is 5.32 Å². The topological polar surface area (TPSA) is 12.0 Å². The van der Waals surface area contributed by atoms with E-state index in [2.05, 4.69) is 33.0 Å². The van der Waals surface area contributed by atoms with Crippen LogP contribution in [-0.4, -0.2) is 12.6 Å². The van der Waals surface area contributed by atoms with Crippen LogP contribution in [0.5, 0.6) is 0 Å². The first-order valence-corrected chi connectivity index (χ1v) is 5.45. The van der Waals surface area contributed by atoms with Gasteiger partial charge in [0.15, 0.2) is 0 Å². The lowest BCUT2D eigenvalue weighted by Crippen LogP contribution is -2.33. The van der Waals surface area contributed by atoms with Crippen LogP contribution in [0.4, 0.5) is 0 Å². The van der Waals surface area contributed by atoms with Gasteiger partial charge < -0.3 is 5.32 Å². The zero-order chi connectivity index (χ0) is 9.98. The van der Waals surface area contributed by atoms with E-state index in [0.29, 0.717) is 0 Å². The molecule has 0 radical (unpaired) electrons. The Morgan fingerprint density at radius 2 is 1.58 bits per heavy atom. The molecular weight excluding hydrogens is 146 g/mol. The summed E-state index contributed by atoms with van der Waals surface area (Å²) in [4.78, 5) is 0. The third kappa shape index (κ3) is 8.06. The van der Waals surface area contributed by atoms with Crippen LogP contribution in [0.2, 0.25) is 0 Å². The number of hydrogen-bond donors (Lipinski definition) is 1. The van der Waals surface area contributed by atoms with Gasteiger partial charge in [-0.3, -0.25) is 0 Å². The molecule has 1 atom stereocenters. The Bertz CT molecular complexity index is 63.4. The average molecular weight is 173 g/mol. The molecule has 0 aromatic heterocycles. The van der Waals surface area contributed by atoms with Gasteiger partial charge in [-0.2, -0.15) is 0 Å². The molecule has 0 spiro atoms. The Labute approximate surface area is 78.9 Å². The zero-order valence-corrected chi connectivity index (χ0v) is 9.78. The van der Waals surface area contributed by atoms with Crippen molar-refractivity contribution in [2.24, 2.45) is 5.92 Å².